The molecule has 0 spiro atoms. The molecule has 0 aliphatic carbocycles. The van der Waals surface area contributed by atoms with Crippen LogP contribution in [0.25, 0.3) is 0 Å². The average molecular weight is 263 g/mol. The predicted octanol–water partition coefficient (Wildman–Crippen LogP) is 2.54. The molecule has 0 radical (unpaired) electrons. The molecule has 0 aliphatic rings. The highest BCUT2D eigenvalue weighted by Crippen LogP contribution is 2.15. The van der Waals surface area contributed by atoms with E-state index in [0.717, 1.165) is 6.42 Å². The number of anilines is 1. The quantitative estimate of drug-likeness (QED) is 0.820. The van der Waals surface area contributed by atoms with Crippen molar-refractivity contribution in [3.8, 4) is 11.8 Å². The summed E-state index contributed by atoms with van der Waals surface area (Å²) in [5.41, 5.74) is 0.673. The number of halogens is 1. The van der Waals surface area contributed by atoms with Gasteiger partial charge in [-0.1, -0.05) is 32.1 Å². The summed E-state index contributed by atoms with van der Waals surface area (Å²) in [5, 5.41) is 11.3. The Kier molecular flexibility index (Phi) is 6.04. The second kappa shape index (κ2) is 7.55. The smallest absolute Gasteiger partial charge is 0.224 e. The molecule has 1 rings (SSSR count). The number of aliphatic hydroxyl groups is 1. The molecule has 0 fully saturated rings. The third kappa shape index (κ3) is 5.11. The highest BCUT2D eigenvalue weighted by Gasteiger charge is 2.08. The van der Waals surface area contributed by atoms with Crippen LogP contribution in [0.4, 0.5) is 10.1 Å². The SMILES string of the molecule is CCC(C)CC(=O)Nc1ccc(F)c(C#CCO)c1. The number of nitrogens with one attached hydrogen (secondary N) is 1. The molecule has 102 valence electrons. The van der Waals surface area contributed by atoms with Crippen LogP contribution in [0, 0.1) is 23.6 Å². The minimum atomic E-state index is -0.471. The highest BCUT2D eigenvalue weighted by atomic mass is 19.1. The second-order valence-corrected chi connectivity index (χ2v) is 4.42. The third-order valence-electron chi connectivity index (χ3n) is 2.78. The fourth-order valence-electron chi connectivity index (χ4n) is 1.51. The molecule has 0 bridgehead atoms. The van der Waals surface area contributed by atoms with Crippen molar-refractivity contribution in [1.29, 1.82) is 0 Å². The van der Waals surface area contributed by atoms with Crippen LogP contribution in [-0.4, -0.2) is 17.6 Å². The lowest BCUT2D eigenvalue weighted by atomic mass is 10.0. The highest BCUT2D eigenvalue weighted by molar-refractivity contribution is 5.91. The Morgan fingerprint density at radius 3 is 2.89 bits per heavy atom. The fourth-order valence-corrected chi connectivity index (χ4v) is 1.51. The summed E-state index contributed by atoms with van der Waals surface area (Å²) in [6, 6.07) is 4.21. The number of aliphatic hydroxyl groups excluding tert-OH is 1. The van der Waals surface area contributed by atoms with Gasteiger partial charge >= 0.3 is 0 Å². The predicted molar refractivity (Wildman–Crippen MR) is 73.1 cm³/mol. The Morgan fingerprint density at radius 2 is 2.26 bits per heavy atom. The first-order valence-electron chi connectivity index (χ1n) is 6.26. The van der Waals surface area contributed by atoms with Gasteiger partial charge in [-0.3, -0.25) is 4.79 Å². The lowest BCUT2D eigenvalue weighted by Crippen LogP contribution is -2.14. The maximum absolute atomic E-state index is 13.4. The van der Waals surface area contributed by atoms with Crippen LogP contribution < -0.4 is 5.32 Å². The van der Waals surface area contributed by atoms with Gasteiger partial charge in [-0.05, 0) is 24.1 Å². The van der Waals surface area contributed by atoms with Gasteiger partial charge in [0, 0.05) is 12.1 Å². The van der Waals surface area contributed by atoms with Crippen LogP contribution in [0.2, 0.25) is 0 Å². The van der Waals surface area contributed by atoms with Crippen molar-refractivity contribution in [3.05, 3.63) is 29.6 Å². The molecular formula is C15H18FNO2. The van der Waals surface area contributed by atoms with E-state index in [2.05, 4.69) is 17.2 Å². The van der Waals surface area contributed by atoms with E-state index in [4.69, 9.17) is 5.11 Å². The van der Waals surface area contributed by atoms with Crippen molar-refractivity contribution in [2.24, 2.45) is 5.92 Å². The maximum atomic E-state index is 13.4. The molecule has 2 N–H and O–H groups in total. The summed E-state index contributed by atoms with van der Waals surface area (Å²) < 4.78 is 13.4. The van der Waals surface area contributed by atoms with E-state index < -0.39 is 5.82 Å². The lowest BCUT2D eigenvalue weighted by Gasteiger charge is -2.09. The minimum absolute atomic E-state index is 0.0953. The molecular weight excluding hydrogens is 245 g/mol. The normalized spacial score (nSPS) is 11.4. The number of rotatable bonds is 4. The zero-order valence-electron chi connectivity index (χ0n) is 11.2. The van der Waals surface area contributed by atoms with E-state index in [1.165, 1.54) is 18.2 Å². The van der Waals surface area contributed by atoms with Crippen LogP contribution in [0.15, 0.2) is 18.2 Å². The molecule has 1 amide bonds. The van der Waals surface area contributed by atoms with Crippen molar-refractivity contribution in [3.63, 3.8) is 0 Å². The van der Waals surface area contributed by atoms with E-state index in [0.29, 0.717) is 18.0 Å². The summed E-state index contributed by atoms with van der Waals surface area (Å²) in [4.78, 5) is 11.7. The van der Waals surface area contributed by atoms with Gasteiger partial charge in [0.25, 0.3) is 0 Å². The zero-order chi connectivity index (χ0) is 14.3. The van der Waals surface area contributed by atoms with Gasteiger partial charge in [-0.15, -0.1) is 0 Å². The van der Waals surface area contributed by atoms with E-state index in [1.807, 2.05) is 13.8 Å². The summed E-state index contributed by atoms with van der Waals surface area (Å²) in [7, 11) is 0. The zero-order valence-corrected chi connectivity index (χ0v) is 11.2. The van der Waals surface area contributed by atoms with Gasteiger partial charge < -0.3 is 10.4 Å². The molecule has 3 nitrogen and oxygen atoms in total. The van der Waals surface area contributed by atoms with E-state index in [1.54, 1.807) is 0 Å². The number of carbonyl (C=O) groups excluding carboxylic acids is 1. The molecule has 0 saturated heterocycles. The molecule has 0 aromatic heterocycles. The van der Waals surface area contributed by atoms with Crippen LogP contribution in [-0.2, 0) is 4.79 Å². The lowest BCUT2D eigenvalue weighted by molar-refractivity contribution is -0.117. The monoisotopic (exact) mass is 263 g/mol. The average Bonchev–Trinajstić information content (AvgIpc) is 2.39. The maximum Gasteiger partial charge on any atom is 0.224 e. The van der Waals surface area contributed by atoms with Crippen molar-refractivity contribution in [2.75, 3.05) is 11.9 Å². The van der Waals surface area contributed by atoms with Crippen molar-refractivity contribution in [2.45, 2.75) is 26.7 Å². The van der Waals surface area contributed by atoms with Gasteiger partial charge in [0.1, 0.15) is 12.4 Å². The summed E-state index contributed by atoms with van der Waals surface area (Å²) in [5.74, 6) is 4.63. The second-order valence-electron chi connectivity index (χ2n) is 4.42. The third-order valence-corrected chi connectivity index (χ3v) is 2.78. The Morgan fingerprint density at radius 1 is 1.53 bits per heavy atom. The number of hydrogen-bond acceptors (Lipinski definition) is 2. The Hall–Kier alpha value is -1.86. The molecule has 1 unspecified atom stereocenters. The molecule has 1 atom stereocenters. The van der Waals surface area contributed by atoms with Crippen LogP contribution in [0.3, 0.4) is 0 Å². The molecule has 0 heterocycles. The van der Waals surface area contributed by atoms with Gasteiger partial charge in [0.05, 0.1) is 5.56 Å². The topological polar surface area (TPSA) is 49.3 Å². The summed E-state index contributed by atoms with van der Waals surface area (Å²) in [6.07, 6.45) is 1.37. The van der Waals surface area contributed by atoms with Crippen molar-refractivity contribution in [1.82, 2.24) is 0 Å². The first kappa shape index (κ1) is 15.2. The fraction of sp³-hybridized carbons (Fsp3) is 0.400. The van der Waals surface area contributed by atoms with Crippen molar-refractivity contribution < 1.29 is 14.3 Å². The minimum Gasteiger partial charge on any atom is -0.384 e. The van der Waals surface area contributed by atoms with Crippen LogP contribution >= 0.6 is 0 Å². The largest absolute Gasteiger partial charge is 0.384 e. The Bertz CT molecular complexity index is 503. The first-order valence-corrected chi connectivity index (χ1v) is 6.26. The Balaban J connectivity index is 2.77. The number of benzene rings is 1. The van der Waals surface area contributed by atoms with E-state index >= 15 is 0 Å². The Labute approximate surface area is 112 Å². The van der Waals surface area contributed by atoms with Gasteiger partial charge in [0.15, 0.2) is 0 Å². The number of amides is 1. The molecule has 0 saturated carbocycles. The van der Waals surface area contributed by atoms with Gasteiger partial charge in [-0.25, -0.2) is 4.39 Å². The van der Waals surface area contributed by atoms with Gasteiger partial charge in [-0.2, -0.15) is 0 Å². The standard InChI is InChI=1S/C15H18FNO2/c1-3-11(2)9-15(19)17-13-6-7-14(16)12(10-13)5-4-8-18/h6-7,10-11,18H,3,8-9H2,1-2H3,(H,17,19). The molecule has 0 aliphatic heterocycles. The van der Waals surface area contributed by atoms with Crippen molar-refractivity contribution >= 4 is 11.6 Å². The van der Waals surface area contributed by atoms with E-state index in [9.17, 15) is 9.18 Å². The summed E-state index contributed by atoms with van der Waals surface area (Å²) >= 11 is 0. The molecule has 4 heteroatoms. The number of carbonyl (C=O) groups is 1. The number of hydrogen-bond donors (Lipinski definition) is 2. The van der Waals surface area contributed by atoms with Gasteiger partial charge in [0.2, 0.25) is 5.91 Å². The van der Waals surface area contributed by atoms with Crippen LogP contribution in [0.1, 0.15) is 32.3 Å². The van der Waals surface area contributed by atoms with Crippen LogP contribution in [0.5, 0.6) is 0 Å². The summed E-state index contributed by atoms with van der Waals surface area (Å²) in [6.45, 7) is 3.70. The van der Waals surface area contributed by atoms with E-state index in [-0.39, 0.29) is 18.1 Å². The molecule has 1 aromatic carbocycles. The first-order chi connectivity index (χ1) is 9.06. The molecule has 19 heavy (non-hydrogen) atoms. The molecule has 1 aromatic rings.